The summed E-state index contributed by atoms with van der Waals surface area (Å²) in [5, 5.41) is 19.2. The highest BCUT2D eigenvalue weighted by Gasteiger charge is 2.16. The highest BCUT2D eigenvalue weighted by molar-refractivity contribution is 5.97. The molecule has 0 radical (unpaired) electrons. The van der Waals surface area contributed by atoms with Crippen molar-refractivity contribution in [3.05, 3.63) is 88.8 Å². The molecule has 34 heavy (non-hydrogen) atoms. The number of H-pyrrole nitrogens is 1. The van der Waals surface area contributed by atoms with Gasteiger partial charge in [0.15, 0.2) is 5.82 Å². The van der Waals surface area contributed by atoms with Crippen LogP contribution in [0.15, 0.2) is 54.9 Å². The number of aryl methyl sites for hydroxylation is 1. The van der Waals surface area contributed by atoms with E-state index in [9.17, 15) is 14.0 Å². The van der Waals surface area contributed by atoms with Crippen LogP contribution in [-0.4, -0.2) is 42.4 Å². The van der Waals surface area contributed by atoms with Crippen molar-refractivity contribution < 1.29 is 14.0 Å². The SMILES string of the molecule is Cc1cc(CNC(=O)c2cc(C(=O)N[C@@H](C)c3ccc(-c4nnn[nH]4)cc3)ncn2)ccc1F. The summed E-state index contributed by atoms with van der Waals surface area (Å²) in [4.78, 5) is 33.1. The fourth-order valence-electron chi connectivity index (χ4n) is 3.26. The van der Waals surface area contributed by atoms with Gasteiger partial charge < -0.3 is 10.6 Å². The van der Waals surface area contributed by atoms with Gasteiger partial charge in [-0.15, -0.1) is 5.10 Å². The zero-order valence-corrected chi connectivity index (χ0v) is 18.4. The van der Waals surface area contributed by atoms with Gasteiger partial charge in [-0.2, -0.15) is 0 Å². The lowest BCUT2D eigenvalue weighted by Crippen LogP contribution is -2.29. The molecule has 4 aromatic rings. The third-order valence-electron chi connectivity index (χ3n) is 5.18. The Morgan fingerprint density at radius 2 is 1.76 bits per heavy atom. The van der Waals surface area contributed by atoms with Gasteiger partial charge in [0.05, 0.1) is 6.04 Å². The van der Waals surface area contributed by atoms with E-state index in [2.05, 4.69) is 41.2 Å². The molecule has 3 N–H and O–H groups in total. The molecule has 0 aliphatic heterocycles. The van der Waals surface area contributed by atoms with Crippen LogP contribution in [0.2, 0.25) is 0 Å². The van der Waals surface area contributed by atoms with Crippen molar-refractivity contribution in [3.8, 4) is 11.4 Å². The second kappa shape index (κ2) is 9.94. The predicted octanol–water partition coefficient (Wildman–Crippen LogP) is 2.53. The van der Waals surface area contributed by atoms with Gasteiger partial charge in [-0.1, -0.05) is 36.4 Å². The van der Waals surface area contributed by atoms with Crippen LogP contribution < -0.4 is 10.6 Å². The van der Waals surface area contributed by atoms with Crippen molar-refractivity contribution in [2.45, 2.75) is 26.4 Å². The van der Waals surface area contributed by atoms with Gasteiger partial charge in [0.1, 0.15) is 23.5 Å². The highest BCUT2D eigenvalue weighted by Crippen LogP contribution is 2.18. The number of hydrogen-bond acceptors (Lipinski definition) is 7. The number of nitrogens with zero attached hydrogens (tertiary/aromatic N) is 5. The lowest BCUT2D eigenvalue weighted by molar-refractivity contribution is 0.0934. The predicted molar refractivity (Wildman–Crippen MR) is 120 cm³/mol. The van der Waals surface area contributed by atoms with E-state index in [0.29, 0.717) is 11.4 Å². The van der Waals surface area contributed by atoms with Crippen LogP contribution in [0.25, 0.3) is 11.4 Å². The van der Waals surface area contributed by atoms with Crippen LogP contribution in [0.4, 0.5) is 4.39 Å². The average Bonchev–Trinajstić information content (AvgIpc) is 3.40. The Labute approximate surface area is 194 Å². The Morgan fingerprint density at radius 1 is 1.03 bits per heavy atom. The number of nitrogens with one attached hydrogen (secondary N) is 3. The number of hydrogen-bond donors (Lipinski definition) is 3. The summed E-state index contributed by atoms with van der Waals surface area (Å²) in [6.45, 7) is 3.68. The fraction of sp³-hybridized carbons (Fsp3) is 0.174. The minimum absolute atomic E-state index is 0.0525. The molecule has 2 heterocycles. The maximum absolute atomic E-state index is 13.4. The van der Waals surface area contributed by atoms with Gasteiger partial charge in [0, 0.05) is 18.2 Å². The highest BCUT2D eigenvalue weighted by atomic mass is 19.1. The maximum Gasteiger partial charge on any atom is 0.270 e. The number of benzene rings is 2. The molecule has 2 aromatic heterocycles. The third kappa shape index (κ3) is 5.26. The molecule has 2 aromatic carbocycles. The molecule has 0 spiro atoms. The first kappa shape index (κ1) is 22.6. The number of tetrazole rings is 1. The zero-order chi connectivity index (χ0) is 24.1. The Hall–Kier alpha value is -4.54. The second-order valence-corrected chi connectivity index (χ2v) is 7.62. The number of carbonyl (C=O) groups is 2. The van der Waals surface area contributed by atoms with Crippen LogP contribution in [0, 0.1) is 12.7 Å². The largest absolute Gasteiger partial charge is 0.347 e. The monoisotopic (exact) mass is 460 g/mol. The van der Waals surface area contributed by atoms with Crippen molar-refractivity contribution in [1.82, 2.24) is 41.2 Å². The first-order valence-corrected chi connectivity index (χ1v) is 10.4. The Balaban J connectivity index is 1.38. The van der Waals surface area contributed by atoms with Gasteiger partial charge in [0.2, 0.25) is 0 Å². The molecule has 0 bridgehead atoms. The van der Waals surface area contributed by atoms with E-state index in [-0.39, 0.29) is 29.8 Å². The van der Waals surface area contributed by atoms with Crippen LogP contribution in [0.3, 0.4) is 0 Å². The van der Waals surface area contributed by atoms with Crippen molar-refractivity contribution in [2.24, 2.45) is 0 Å². The van der Waals surface area contributed by atoms with E-state index >= 15 is 0 Å². The molecule has 0 fully saturated rings. The second-order valence-electron chi connectivity index (χ2n) is 7.62. The Bertz CT molecular complexity index is 1310. The summed E-state index contributed by atoms with van der Waals surface area (Å²) in [5.41, 5.74) is 3.04. The minimum atomic E-state index is -0.469. The fourth-order valence-corrected chi connectivity index (χ4v) is 3.26. The van der Waals surface area contributed by atoms with E-state index in [1.165, 1.54) is 12.1 Å². The molecule has 0 unspecified atom stereocenters. The van der Waals surface area contributed by atoms with E-state index in [1.807, 2.05) is 31.2 Å². The molecule has 0 aliphatic carbocycles. The van der Waals surface area contributed by atoms with Gasteiger partial charge in [-0.3, -0.25) is 9.59 Å². The van der Waals surface area contributed by atoms with Gasteiger partial charge >= 0.3 is 0 Å². The van der Waals surface area contributed by atoms with E-state index in [4.69, 9.17) is 0 Å². The number of aromatic amines is 1. The maximum atomic E-state index is 13.4. The summed E-state index contributed by atoms with van der Waals surface area (Å²) in [5.74, 6) is -0.672. The molecule has 172 valence electrons. The van der Waals surface area contributed by atoms with Crippen LogP contribution in [0.1, 0.15) is 50.6 Å². The van der Waals surface area contributed by atoms with Crippen molar-refractivity contribution >= 4 is 11.8 Å². The molecular formula is C23H21FN8O2. The molecule has 0 saturated carbocycles. The molecule has 0 saturated heterocycles. The number of carbonyl (C=O) groups excluding carboxylic acids is 2. The Morgan fingerprint density at radius 3 is 2.44 bits per heavy atom. The average molecular weight is 460 g/mol. The quantitative estimate of drug-likeness (QED) is 0.385. The first-order valence-electron chi connectivity index (χ1n) is 10.4. The van der Waals surface area contributed by atoms with Crippen LogP contribution >= 0.6 is 0 Å². The molecule has 11 heteroatoms. The zero-order valence-electron chi connectivity index (χ0n) is 18.4. The van der Waals surface area contributed by atoms with Gasteiger partial charge in [-0.05, 0) is 47.0 Å². The van der Waals surface area contributed by atoms with Crippen molar-refractivity contribution in [3.63, 3.8) is 0 Å². The summed E-state index contributed by atoms with van der Waals surface area (Å²) in [6.07, 6.45) is 1.16. The molecule has 2 amide bonds. The molecular weight excluding hydrogens is 439 g/mol. The normalized spacial score (nSPS) is 11.6. The number of rotatable bonds is 7. The Kier molecular flexibility index (Phi) is 6.62. The lowest BCUT2D eigenvalue weighted by Gasteiger charge is -2.14. The molecule has 0 aliphatic rings. The summed E-state index contributed by atoms with van der Waals surface area (Å²) in [7, 11) is 0. The molecule has 4 rings (SSSR count). The van der Waals surface area contributed by atoms with Crippen molar-refractivity contribution in [1.29, 1.82) is 0 Å². The molecule has 10 nitrogen and oxygen atoms in total. The summed E-state index contributed by atoms with van der Waals surface area (Å²) in [6, 6.07) is 13.0. The third-order valence-corrected chi connectivity index (χ3v) is 5.18. The summed E-state index contributed by atoms with van der Waals surface area (Å²) < 4.78 is 13.4. The number of halogens is 1. The van der Waals surface area contributed by atoms with Gasteiger partial charge in [0.25, 0.3) is 11.8 Å². The topological polar surface area (TPSA) is 138 Å². The van der Waals surface area contributed by atoms with Crippen molar-refractivity contribution in [2.75, 3.05) is 0 Å². The lowest BCUT2D eigenvalue weighted by atomic mass is 10.1. The van der Waals surface area contributed by atoms with E-state index in [0.717, 1.165) is 23.0 Å². The number of amides is 2. The van der Waals surface area contributed by atoms with E-state index < -0.39 is 11.8 Å². The number of aromatic nitrogens is 6. The first-order chi connectivity index (χ1) is 16.4. The standard InChI is InChI=1S/C23H21FN8O2/c1-13-9-15(3-8-18(13)24)11-25-22(33)19-10-20(27-12-26-19)23(34)28-14(2)16-4-6-17(7-5-16)21-29-31-32-30-21/h3-10,12,14H,11H2,1-2H3,(H,25,33)(H,28,34)(H,29,30,31,32)/t14-/m0/s1. The smallest absolute Gasteiger partial charge is 0.270 e. The van der Waals surface area contributed by atoms with Gasteiger partial charge in [-0.25, -0.2) is 19.5 Å². The molecule has 1 atom stereocenters. The van der Waals surface area contributed by atoms with Crippen LogP contribution in [-0.2, 0) is 6.54 Å². The summed E-state index contributed by atoms with van der Waals surface area (Å²) >= 11 is 0. The van der Waals surface area contributed by atoms with E-state index in [1.54, 1.807) is 19.1 Å². The van der Waals surface area contributed by atoms with Crippen LogP contribution in [0.5, 0.6) is 0 Å². The minimum Gasteiger partial charge on any atom is -0.347 e.